The van der Waals surface area contributed by atoms with Gasteiger partial charge >= 0.3 is 29.1 Å². The van der Waals surface area contributed by atoms with E-state index in [1.54, 1.807) is 25.4 Å². The summed E-state index contributed by atoms with van der Waals surface area (Å²) in [6.45, 7) is -1.93. The molecule has 7 rings (SSSR count). The number of aryl methyl sites for hydroxylation is 2. The van der Waals surface area contributed by atoms with Gasteiger partial charge in [0.05, 0.1) is 32.8 Å². The Bertz CT molecular complexity index is 2620. The lowest BCUT2D eigenvalue weighted by molar-refractivity contribution is -0.745. The number of hydrogen-bond acceptors (Lipinski definition) is 22. The predicted molar refractivity (Wildman–Crippen MR) is 195 cm³/mol. The highest BCUT2D eigenvalue weighted by atomic mass is 31.3. The van der Waals surface area contributed by atoms with Crippen molar-refractivity contribution in [2.75, 3.05) is 30.8 Å². The van der Waals surface area contributed by atoms with Crippen LogP contribution in [-0.4, -0.2) is 141 Å². The summed E-state index contributed by atoms with van der Waals surface area (Å²) < 4.78 is 71.9. The number of nitrogens with two attached hydrogens (primary N) is 1. The molecule has 7 heterocycles. The first-order valence-electron chi connectivity index (χ1n) is 17.2. The van der Waals surface area contributed by atoms with Crippen molar-refractivity contribution in [2.45, 2.75) is 49.1 Å². The van der Waals surface area contributed by atoms with Gasteiger partial charge < -0.3 is 55.6 Å². The minimum absolute atomic E-state index is 0.00720. The molecule has 0 aromatic carbocycles. The Morgan fingerprint density at radius 1 is 0.950 bits per heavy atom. The highest BCUT2D eigenvalue weighted by Gasteiger charge is 2.50. The molecule has 60 heavy (non-hydrogen) atoms. The van der Waals surface area contributed by atoms with Gasteiger partial charge in [0.1, 0.15) is 54.2 Å². The third-order valence-electron chi connectivity index (χ3n) is 8.89. The molecule has 11 N–H and O–H groups in total. The number of phosphoric ester groups is 2. The number of nitrogen functional groups attached to an aromatic ring is 1. The van der Waals surface area contributed by atoms with Crippen molar-refractivity contribution in [1.29, 1.82) is 0 Å². The number of aromatic amines is 1. The van der Waals surface area contributed by atoms with Gasteiger partial charge in [0.2, 0.25) is 11.7 Å². The lowest BCUT2D eigenvalue weighted by atomic mass is 10.1. The highest BCUT2D eigenvalue weighted by Crippen LogP contribution is 2.67. The molecule has 0 bridgehead atoms. The molecule has 30 nitrogen and oxygen atoms in total. The molecule has 326 valence electrons. The van der Waals surface area contributed by atoms with Crippen LogP contribution < -0.4 is 21.2 Å². The summed E-state index contributed by atoms with van der Waals surface area (Å²) in [5.74, 6) is 0.0299. The summed E-state index contributed by atoms with van der Waals surface area (Å²) in [4.78, 5) is 62.1. The van der Waals surface area contributed by atoms with Crippen molar-refractivity contribution in [2.24, 2.45) is 14.1 Å². The van der Waals surface area contributed by atoms with E-state index in [-0.39, 0.29) is 40.6 Å². The van der Waals surface area contributed by atoms with E-state index in [2.05, 4.69) is 53.7 Å². The maximum absolute atomic E-state index is 13.0. The smallest absolute Gasteiger partial charge is 0.387 e. The first-order valence-corrected chi connectivity index (χ1v) is 21.6. The second-order valence-electron chi connectivity index (χ2n) is 13.2. The second kappa shape index (κ2) is 16.8. The molecule has 0 amide bonds. The van der Waals surface area contributed by atoms with Crippen molar-refractivity contribution in [3.8, 4) is 0 Å². The van der Waals surface area contributed by atoms with Gasteiger partial charge in [-0.25, -0.2) is 33.2 Å². The molecular weight excluding hydrogens is 871 g/mol. The number of aromatic nitrogens is 11. The molecule has 33 heteroatoms. The van der Waals surface area contributed by atoms with Crippen LogP contribution in [-0.2, 0) is 54.9 Å². The summed E-state index contributed by atoms with van der Waals surface area (Å²) in [5, 5.41) is 53.3. The summed E-state index contributed by atoms with van der Waals surface area (Å²) in [6.07, 6.45) is -4.35. The van der Waals surface area contributed by atoms with Gasteiger partial charge in [-0.3, -0.25) is 32.6 Å². The van der Waals surface area contributed by atoms with E-state index in [4.69, 9.17) is 19.7 Å². The minimum atomic E-state index is -6.00. The predicted octanol–water partition coefficient (Wildman–Crippen LogP) is -3.17. The molecule has 0 radical (unpaired) electrons. The van der Waals surface area contributed by atoms with E-state index in [1.807, 2.05) is 0 Å². The number of aliphatic hydroxyl groups is 4. The van der Waals surface area contributed by atoms with Crippen LogP contribution in [0.25, 0.3) is 28.4 Å². The number of nitrogens with zero attached hydrogens (tertiary/aromatic N) is 10. The number of imidazole rings is 2. The average molecular weight is 909 g/mol. The summed E-state index contributed by atoms with van der Waals surface area (Å²) >= 11 is 0. The molecule has 5 aromatic heterocycles. The molecule has 11 atom stereocenters. The zero-order valence-corrected chi connectivity index (χ0v) is 33.5. The number of nitrogens with one attached hydrogen (secondary N) is 2. The first kappa shape index (κ1) is 43.6. The fourth-order valence-corrected chi connectivity index (χ4v) is 9.73. The number of anilines is 2. The number of H-pyrrole nitrogens is 1. The number of rotatable bonds is 16. The molecule has 2 saturated heterocycles. The number of ether oxygens (including phenoxy) is 2. The van der Waals surface area contributed by atoms with Gasteiger partial charge in [-0.05, 0) is 6.08 Å². The summed E-state index contributed by atoms with van der Waals surface area (Å²) in [7, 11) is -14.2. The maximum Gasteiger partial charge on any atom is 0.490 e. The lowest BCUT2D eigenvalue weighted by Crippen LogP contribution is -2.46. The van der Waals surface area contributed by atoms with Gasteiger partial charge in [0, 0.05) is 13.6 Å². The molecule has 5 unspecified atom stereocenters. The number of phosphoric acid groups is 3. The van der Waals surface area contributed by atoms with Gasteiger partial charge in [0.25, 0.3) is 11.5 Å². The van der Waals surface area contributed by atoms with E-state index in [0.717, 1.165) is 6.33 Å². The number of aliphatic hydroxyl groups excluding tert-OH is 4. The molecule has 2 aliphatic rings. The Labute approximate surface area is 334 Å². The molecule has 0 aliphatic carbocycles. The Morgan fingerprint density at radius 3 is 2.28 bits per heavy atom. The first-order chi connectivity index (χ1) is 28.2. The van der Waals surface area contributed by atoms with Crippen LogP contribution in [0.5, 0.6) is 0 Å². The molecule has 2 fully saturated rings. The Kier molecular flexibility index (Phi) is 12.2. The average Bonchev–Trinajstić information content (AvgIpc) is 3.97. The van der Waals surface area contributed by atoms with E-state index in [9.17, 15) is 53.6 Å². The lowest BCUT2D eigenvalue weighted by Gasteiger charge is -2.21. The molecular formula is C27H37N13O17P3+. The Morgan fingerprint density at radius 2 is 1.62 bits per heavy atom. The van der Waals surface area contributed by atoms with Crippen LogP contribution in [0.15, 0.2) is 36.0 Å². The monoisotopic (exact) mass is 908 g/mol. The topological polar surface area (TPSA) is 415 Å². The van der Waals surface area contributed by atoms with Crippen molar-refractivity contribution in [3.05, 3.63) is 47.3 Å². The van der Waals surface area contributed by atoms with Crippen molar-refractivity contribution >= 4 is 63.6 Å². The van der Waals surface area contributed by atoms with Crippen LogP contribution in [0.3, 0.4) is 0 Å². The van der Waals surface area contributed by atoms with Gasteiger partial charge in [-0.1, -0.05) is 16.3 Å². The standard InChI is InChI=1S/C27H36N13O17P3/c1-37-11-40(23-16(37)24(45)34-27(33-23)29-5-3-4-12-6-38(2)36-35-12)26-20(44)18(42)14(55-26)8-53-59(48,49)57-60(50,51)56-58(46,47)52-7-13-17(41)19(43)25(54-13)39-10-32-15-21(28)30-9-31-22(15)39/h3-4,6,9-11,13-14,17-20,25-26,41-44H,5,7-8H2,1-2H3,(H6-,28,29,30,31,33,34,45,46,47,48,49,50,51)/p+1/t13-,14-,17?,18+,19+,20?,25-,26-/m1/s1. The normalized spacial score (nSPS) is 27.8. The number of hydrogen-bond donors (Lipinski definition) is 10. The van der Waals surface area contributed by atoms with Gasteiger partial charge in [-0.15, -0.1) is 5.10 Å². The van der Waals surface area contributed by atoms with E-state index in [1.165, 1.54) is 38.1 Å². The van der Waals surface area contributed by atoms with Crippen LogP contribution in [0.1, 0.15) is 18.1 Å². The fourth-order valence-electron chi connectivity index (χ4n) is 6.21. The molecule has 0 saturated carbocycles. The fraction of sp³-hybridized carbons (Fsp3) is 0.481. The molecule has 0 spiro atoms. The third kappa shape index (κ3) is 9.23. The van der Waals surface area contributed by atoms with E-state index in [0.29, 0.717) is 5.69 Å². The van der Waals surface area contributed by atoms with Crippen LogP contribution in [0, 0.1) is 0 Å². The minimum Gasteiger partial charge on any atom is -0.387 e. The van der Waals surface area contributed by atoms with E-state index >= 15 is 0 Å². The Hall–Kier alpha value is -4.45. The van der Waals surface area contributed by atoms with Crippen LogP contribution >= 0.6 is 23.5 Å². The molecule has 5 aromatic rings. The van der Waals surface area contributed by atoms with Crippen LogP contribution in [0.2, 0.25) is 0 Å². The molecule has 2 aliphatic heterocycles. The largest absolute Gasteiger partial charge is 0.490 e. The maximum atomic E-state index is 13.0. The summed E-state index contributed by atoms with van der Waals surface area (Å²) in [5.41, 5.74) is 6.04. The van der Waals surface area contributed by atoms with Crippen molar-refractivity contribution < 1.29 is 80.5 Å². The zero-order valence-electron chi connectivity index (χ0n) is 30.8. The van der Waals surface area contributed by atoms with Crippen molar-refractivity contribution in [1.82, 2.24) is 49.0 Å². The number of fused-ring (bicyclic) bond motifs is 2. The third-order valence-corrected chi connectivity index (χ3v) is 13.1. The summed E-state index contributed by atoms with van der Waals surface area (Å²) in [6, 6.07) is 0. The zero-order chi connectivity index (χ0) is 43.3. The second-order valence-corrected chi connectivity index (χ2v) is 17.8. The SMILES string of the molecule is Cn1cc(C=CCNc2nc3c(c(=O)[nH]2)n(C)c[n+]3[C@@H]2O[C@H](COP(=O)(O)OP(=O)(O)OP(=O)(O)OC[C@H]3O[C@@H](n4cnc5c(N)ncnc54)[C@@H](O)C3O)[C@H](O)C2O)nn1. The van der Waals surface area contributed by atoms with E-state index < -0.39 is 91.3 Å². The van der Waals surface area contributed by atoms with Gasteiger partial charge in [0.15, 0.2) is 24.0 Å². The quantitative estimate of drug-likeness (QED) is 0.0345. The highest BCUT2D eigenvalue weighted by molar-refractivity contribution is 7.66. The van der Waals surface area contributed by atoms with Crippen LogP contribution in [0.4, 0.5) is 11.8 Å². The Balaban J connectivity index is 0.938. The van der Waals surface area contributed by atoms with Gasteiger partial charge in [-0.2, -0.15) is 8.62 Å². The van der Waals surface area contributed by atoms with Crippen molar-refractivity contribution in [3.63, 3.8) is 0 Å².